The number of rotatable bonds is 4. The summed E-state index contributed by atoms with van der Waals surface area (Å²) in [6.07, 6.45) is 1.18. The van der Waals surface area contributed by atoms with E-state index in [-0.39, 0.29) is 18.4 Å². The van der Waals surface area contributed by atoms with Crippen LogP contribution in [-0.2, 0) is 25.6 Å². The summed E-state index contributed by atoms with van der Waals surface area (Å²) >= 11 is 3.43. The monoisotopic (exact) mass is 509 g/mol. The van der Waals surface area contributed by atoms with E-state index < -0.39 is 29.8 Å². The summed E-state index contributed by atoms with van der Waals surface area (Å²) in [5, 5.41) is 1.92. The topological polar surface area (TPSA) is 107 Å². The molecule has 33 heavy (non-hydrogen) atoms. The number of halogens is 1. The Bertz CT molecular complexity index is 1500. The maximum absolute atomic E-state index is 12.6. The smallest absolute Gasteiger partial charge is 0.340 e. The summed E-state index contributed by atoms with van der Waals surface area (Å²) in [6.45, 7) is 1.71. The van der Waals surface area contributed by atoms with Gasteiger partial charge in [-0.1, -0.05) is 28.1 Å². The number of hydrogen-bond acceptors (Lipinski definition) is 7. The van der Waals surface area contributed by atoms with Crippen molar-refractivity contribution in [2.75, 3.05) is 0 Å². The third-order valence-electron chi connectivity index (χ3n) is 5.66. The second-order valence-electron chi connectivity index (χ2n) is 7.72. The van der Waals surface area contributed by atoms with Crippen molar-refractivity contribution in [3.05, 3.63) is 68.7 Å². The summed E-state index contributed by atoms with van der Waals surface area (Å²) in [5.74, 6) is -2.06. The van der Waals surface area contributed by atoms with Crippen molar-refractivity contribution in [1.82, 2.24) is 5.06 Å². The van der Waals surface area contributed by atoms with E-state index in [1.54, 1.807) is 19.3 Å². The highest BCUT2D eigenvalue weighted by Crippen LogP contribution is 2.35. The first-order valence-electron chi connectivity index (χ1n) is 10.1. The number of benzene rings is 2. The molecule has 0 spiro atoms. The molecule has 1 fully saturated rings. The van der Waals surface area contributed by atoms with Crippen LogP contribution in [0.1, 0.15) is 24.0 Å². The van der Waals surface area contributed by atoms with Crippen molar-refractivity contribution in [2.45, 2.75) is 26.2 Å². The van der Waals surface area contributed by atoms with Gasteiger partial charge in [0.05, 0.1) is 18.2 Å². The van der Waals surface area contributed by atoms with Gasteiger partial charge in [0.15, 0.2) is 0 Å². The SMILES string of the molecule is Cc1c(CC(=O)ON2C(=O)CCC2=O)c(=O)oc2cc3occ(-c4ccc(Br)cc4)c3cc12. The molecule has 2 aromatic heterocycles. The van der Waals surface area contributed by atoms with Crippen LogP contribution in [0, 0.1) is 6.92 Å². The first kappa shape index (κ1) is 21.1. The first-order chi connectivity index (χ1) is 15.8. The van der Waals surface area contributed by atoms with Gasteiger partial charge in [-0.05, 0) is 36.2 Å². The second kappa shape index (κ2) is 8.00. The molecule has 5 rings (SSSR count). The molecule has 0 unspecified atom stereocenters. The molecule has 2 amide bonds. The van der Waals surface area contributed by atoms with Crippen molar-refractivity contribution < 1.29 is 28.1 Å². The molecule has 0 aliphatic carbocycles. The highest BCUT2D eigenvalue weighted by Gasteiger charge is 2.33. The van der Waals surface area contributed by atoms with E-state index in [9.17, 15) is 19.2 Å². The number of imide groups is 1. The zero-order valence-corrected chi connectivity index (χ0v) is 18.9. The van der Waals surface area contributed by atoms with Crippen LogP contribution in [-0.4, -0.2) is 22.8 Å². The third-order valence-corrected chi connectivity index (χ3v) is 6.19. The van der Waals surface area contributed by atoms with Crippen molar-refractivity contribution in [2.24, 2.45) is 0 Å². The van der Waals surface area contributed by atoms with E-state index in [0.717, 1.165) is 21.0 Å². The number of furan rings is 1. The van der Waals surface area contributed by atoms with E-state index in [4.69, 9.17) is 13.7 Å². The summed E-state index contributed by atoms with van der Waals surface area (Å²) in [7, 11) is 0. The summed E-state index contributed by atoms with van der Waals surface area (Å²) in [4.78, 5) is 53.2. The summed E-state index contributed by atoms with van der Waals surface area (Å²) in [5.41, 5.74) is 2.65. The zero-order valence-electron chi connectivity index (χ0n) is 17.3. The highest BCUT2D eigenvalue weighted by molar-refractivity contribution is 9.10. The van der Waals surface area contributed by atoms with Gasteiger partial charge in [-0.2, -0.15) is 0 Å². The minimum Gasteiger partial charge on any atom is -0.464 e. The van der Waals surface area contributed by atoms with Crippen molar-refractivity contribution in [3.63, 3.8) is 0 Å². The van der Waals surface area contributed by atoms with E-state index in [1.807, 2.05) is 30.3 Å². The highest BCUT2D eigenvalue weighted by atomic mass is 79.9. The van der Waals surface area contributed by atoms with Crippen LogP contribution in [0.3, 0.4) is 0 Å². The lowest BCUT2D eigenvalue weighted by molar-refractivity contribution is -0.197. The average Bonchev–Trinajstić information content (AvgIpc) is 3.34. The van der Waals surface area contributed by atoms with E-state index in [2.05, 4.69) is 15.9 Å². The fourth-order valence-electron chi connectivity index (χ4n) is 3.90. The van der Waals surface area contributed by atoms with E-state index in [1.165, 1.54) is 0 Å². The number of fused-ring (bicyclic) bond motifs is 2. The summed E-state index contributed by atoms with van der Waals surface area (Å²) in [6, 6.07) is 11.3. The maximum Gasteiger partial charge on any atom is 0.340 e. The Labute approximate surface area is 194 Å². The number of aryl methyl sites for hydroxylation is 1. The molecule has 9 heteroatoms. The van der Waals surface area contributed by atoms with E-state index >= 15 is 0 Å². The largest absolute Gasteiger partial charge is 0.464 e. The fraction of sp³-hybridized carbons (Fsp3) is 0.167. The molecular formula is C24H16BrNO7. The molecule has 4 aromatic rings. The molecule has 2 aromatic carbocycles. The van der Waals surface area contributed by atoms with Crippen LogP contribution < -0.4 is 5.63 Å². The predicted molar refractivity (Wildman–Crippen MR) is 121 cm³/mol. The lowest BCUT2D eigenvalue weighted by atomic mass is 9.99. The third kappa shape index (κ3) is 3.74. The standard InChI is InChI=1S/C24H16BrNO7/c1-12-15-8-17-18(13-2-4-14(25)5-3-13)11-31-19(17)10-20(15)32-24(30)16(12)9-23(29)33-26-21(27)6-7-22(26)28/h2-5,8,10-11H,6-7,9H2,1H3. The molecule has 8 nitrogen and oxygen atoms in total. The molecule has 0 radical (unpaired) electrons. The van der Waals surface area contributed by atoms with Gasteiger partial charge in [0, 0.05) is 39.7 Å². The lowest BCUT2D eigenvalue weighted by Crippen LogP contribution is -2.33. The van der Waals surface area contributed by atoms with Gasteiger partial charge in [-0.15, -0.1) is 5.06 Å². The normalized spacial score (nSPS) is 13.9. The van der Waals surface area contributed by atoms with Crippen molar-refractivity contribution >= 4 is 55.7 Å². The van der Waals surface area contributed by atoms with Crippen LogP contribution in [0.4, 0.5) is 0 Å². The zero-order chi connectivity index (χ0) is 23.3. The molecule has 166 valence electrons. The van der Waals surface area contributed by atoms with Gasteiger partial charge in [-0.3, -0.25) is 9.59 Å². The quantitative estimate of drug-likeness (QED) is 0.295. The average molecular weight is 510 g/mol. The lowest BCUT2D eigenvalue weighted by Gasteiger charge is -2.13. The molecule has 0 bridgehead atoms. The molecule has 1 aliphatic rings. The van der Waals surface area contributed by atoms with Crippen LogP contribution in [0.15, 0.2) is 60.8 Å². The fourth-order valence-corrected chi connectivity index (χ4v) is 4.17. The van der Waals surface area contributed by atoms with Gasteiger partial charge < -0.3 is 13.7 Å². The van der Waals surface area contributed by atoms with Crippen LogP contribution in [0.5, 0.6) is 0 Å². The molecular weight excluding hydrogens is 494 g/mol. The second-order valence-corrected chi connectivity index (χ2v) is 8.63. The molecule has 0 N–H and O–H groups in total. The minimum atomic E-state index is -0.895. The van der Waals surface area contributed by atoms with E-state index in [0.29, 0.717) is 27.2 Å². The molecule has 1 saturated heterocycles. The van der Waals surface area contributed by atoms with Gasteiger partial charge in [0.1, 0.15) is 11.2 Å². The van der Waals surface area contributed by atoms with Crippen LogP contribution >= 0.6 is 15.9 Å². The Kier molecular flexibility index (Phi) is 5.13. The number of nitrogens with zero attached hydrogens (tertiary/aromatic N) is 1. The number of hydroxylamine groups is 2. The van der Waals surface area contributed by atoms with Gasteiger partial charge >= 0.3 is 11.6 Å². The van der Waals surface area contributed by atoms with Crippen LogP contribution in [0.25, 0.3) is 33.1 Å². The van der Waals surface area contributed by atoms with Gasteiger partial charge in [0.25, 0.3) is 11.8 Å². The van der Waals surface area contributed by atoms with Gasteiger partial charge in [0.2, 0.25) is 0 Å². The van der Waals surface area contributed by atoms with Gasteiger partial charge in [-0.25, -0.2) is 9.59 Å². The molecule has 1 aliphatic heterocycles. The minimum absolute atomic E-state index is 0.00927. The number of amides is 2. The Hall–Kier alpha value is -3.72. The number of carbonyl (C=O) groups is 3. The number of carbonyl (C=O) groups excluding carboxylic acids is 3. The number of hydrogen-bond donors (Lipinski definition) is 0. The maximum atomic E-state index is 12.6. The molecule has 3 heterocycles. The van der Waals surface area contributed by atoms with Crippen LogP contribution in [0.2, 0.25) is 0 Å². The van der Waals surface area contributed by atoms with Crippen molar-refractivity contribution in [3.8, 4) is 11.1 Å². The van der Waals surface area contributed by atoms with Crippen molar-refractivity contribution in [1.29, 1.82) is 0 Å². The predicted octanol–water partition coefficient (Wildman–Crippen LogP) is 4.43. The Morgan fingerprint density at radius 2 is 1.73 bits per heavy atom. The first-order valence-corrected chi connectivity index (χ1v) is 10.9. The Balaban J connectivity index is 1.54. The molecule has 0 atom stereocenters. The Morgan fingerprint density at radius 3 is 2.42 bits per heavy atom. The summed E-state index contributed by atoms with van der Waals surface area (Å²) < 4.78 is 12.1. The molecule has 0 saturated carbocycles. The Morgan fingerprint density at radius 1 is 1.03 bits per heavy atom.